The molecule has 4 rings (SSSR count). The van der Waals surface area contributed by atoms with Crippen molar-refractivity contribution in [3.63, 3.8) is 0 Å². The third-order valence-electron chi connectivity index (χ3n) is 5.04. The van der Waals surface area contributed by atoms with Crippen LogP contribution in [-0.2, 0) is 4.74 Å². The van der Waals surface area contributed by atoms with Crippen LogP contribution in [0.1, 0.15) is 28.9 Å². The number of primary amides is 1. The standard InChI is InChI=1S/C20H22N4O2/c1-13(24-9-11-26-12-10-24)14-5-7-15(8-6-14)20-22-17-4-2-3-16(19(21)25)18(17)23-20/h2-8,13H,9-12H2,1H3,(H2,21,25)(H,22,23). The summed E-state index contributed by atoms with van der Waals surface area (Å²) in [7, 11) is 0. The van der Waals surface area contributed by atoms with Gasteiger partial charge in [-0.05, 0) is 24.6 Å². The van der Waals surface area contributed by atoms with Gasteiger partial charge in [0, 0.05) is 24.7 Å². The number of carbonyl (C=O) groups is 1. The van der Waals surface area contributed by atoms with Gasteiger partial charge in [0.25, 0.3) is 5.91 Å². The fourth-order valence-electron chi connectivity index (χ4n) is 3.46. The minimum absolute atomic E-state index is 0.352. The number of fused-ring (bicyclic) bond motifs is 1. The maximum absolute atomic E-state index is 11.6. The van der Waals surface area contributed by atoms with Crippen LogP contribution in [0.3, 0.4) is 0 Å². The van der Waals surface area contributed by atoms with Gasteiger partial charge in [0.05, 0.1) is 24.3 Å². The Morgan fingerprint density at radius 1 is 1.19 bits per heavy atom. The van der Waals surface area contributed by atoms with E-state index in [9.17, 15) is 4.79 Å². The molecule has 6 heteroatoms. The van der Waals surface area contributed by atoms with Gasteiger partial charge in [-0.25, -0.2) is 4.98 Å². The second-order valence-electron chi connectivity index (χ2n) is 6.60. The molecular formula is C20H22N4O2. The smallest absolute Gasteiger partial charge is 0.250 e. The van der Waals surface area contributed by atoms with E-state index in [4.69, 9.17) is 10.5 Å². The first-order valence-corrected chi connectivity index (χ1v) is 8.84. The van der Waals surface area contributed by atoms with Crippen LogP contribution in [0.4, 0.5) is 0 Å². The molecule has 1 atom stereocenters. The van der Waals surface area contributed by atoms with Gasteiger partial charge >= 0.3 is 0 Å². The minimum Gasteiger partial charge on any atom is -0.379 e. The highest BCUT2D eigenvalue weighted by molar-refractivity contribution is 6.04. The summed E-state index contributed by atoms with van der Waals surface area (Å²) in [4.78, 5) is 21.9. The summed E-state index contributed by atoms with van der Waals surface area (Å²) in [6, 6.07) is 14.1. The van der Waals surface area contributed by atoms with E-state index in [0.29, 0.717) is 17.1 Å². The Kier molecular flexibility index (Phi) is 4.44. The van der Waals surface area contributed by atoms with E-state index < -0.39 is 5.91 Å². The molecule has 2 aromatic carbocycles. The second-order valence-corrected chi connectivity index (χ2v) is 6.60. The van der Waals surface area contributed by atoms with Crippen molar-refractivity contribution in [3.05, 3.63) is 53.6 Å². The fraction of sp³-hybridized carbons (Fsp3) is 0.300. The summed E-state index contributed by atoms with van der Waals surface area (Å²) in [5, 5.41) is 0. The Balaban J connectivity index is 1.61. The van der Waals surface area contributed by atoms with Crippen LogP contribution in [0.15, 0.2) is 42.5 Å². The van der Waals surface area contributed by atoms with Crippen LogP contribution in [0.25, 0.3) is 22.4 Å². The first-order valence-electron chi connectivity index (χ1n) is 8.84. The highest BCUT2D eigenvalue weighted by Gasteiger charge is 2.18. The quantitative estimate of drug-likeness (QED) is 0.758. The van der Waals surface area contributed by atoms with Crippen LogP contribution in [0, 0.1) is 0 Å². The lowest BCUT2D eigenvalue weighted by Gasteiger charge is -2.32. The zero-order chi connectivity index (χ0) is 18.1. The number of morpholine rings is 1. The molecule has 1 amide bonds. The molecule has 1 aliphatic heterocycles. The lowest BCUT2D eigenvalue weighted by molar-refractivity contribution is 0.0198. The maximum atomic E-state index is 11.6. The number of hydrogen-bond acceptors (Lipinski definition) is 4. The third-order valence-corrected chi connectivity index (χ3v) is 5.04. The SMILES string of the molecule is CC(c1ccc(-c2nc3c(C(N)=O)cccc3[nH]2)cc1)N1CCOCC1. The number of nitrogens with zero attached hydrogens (tertiary/aromatic N) is 2. The van der Waals surface area contributed by atoms with Crippen LogP contribution < -0.4 is 5.73 Å². The van der Waals surface area contributed by atoms with Crippen molar-refractivity contribution in [2.45, 2.75) is 13.0 Å². The molecule has 1 fully saturated rings. The molecule has 1 saturated heterocycles. The van der Waals surface area contributed by atoms with Gasteiger partial charge in [0.2, 0.25) is 0 Å². The number of para-hydroxylation sites is 1. The van der Waals surface area contributed by atoms with Gasteiger partial charge in [-0.1, -0.05) is 30.3 Å². The molecule has 3 aromatic rings. The van der Waals surface area contributed by atoms with Crippen LogP contribution in [0.2, 0.25) is 0 Å². The number of H-pyrrole nitrogens is 1. The van der Waals surface area contributed by atoms with E-state index in [2.05, 4.69) is 46.1 Å². The normalized spacial score (nSPS) is 16.7. The van der Waals surface area contributed by atoms with Crippen molar-refractivity contribution in [3.8, 4) is 11.4 Å². The third kappa shape index (κ3) is 3.09. The molecule has 134 valence electrons. The number of benzene rings is 2. The number of hydrogen-bond donors (Lipinski definition) is 2. The average Bonchev–Trinajstić information content (AvgIpc) is 3.12. The van der Waals surface area contributed by atoms with Gasteiger partial charge < -0.3 is 15.5 Å². The maximum Gasteiger partial charge on any atom is 0.250 e. The van der Waals surface area contributed by atoms with Crippen molar-refractivity contribution in [2.75, 3.05) is 26.3 Å². The molecule has 0 aliphatic carbocycles. The predicted molar refractivity (Wildman–Crippen MR) is 101 cm³/mol. The van der Waals surface area contributed by atoms with Crippen molar-refractivity contribution < 1.29 is 9.53 Å². The molecule has 26 heavy (non-hydrogen) atoms. The van der Waals surface area contributed by atoms with E-state index in [0.717, 1.165) is 43.2 Å². The fourth-order valence-corrected chi connectivity index (χ4v) is 3.46. The summed E-state index contributed by atoms with van der Waals surface area (Å²) >= 11 is 0. The lowest BCUT2D eigenvalue weighted by Crippen LogP contribution is -2.37. The monoisotopic (exact) mass is 350 g/mol. The number of carbonyl (C=O) groups excluding carboxylic acids is 1. The van der Waals surface area contributed by atoms with E-state index in [1.807, 2.05) is 6.07 Å². The average molecular weight is 350 g/mol. The minimum atomic E-state index is -0.469. The summed E-state index contributed by atoms with van der Waals surface area (Å²) < 4.78 is 5.43. The topological polar surface area (TPSA) is 84.2 Å². The molecule has 2 heterocycles. The number of amides is 1. The molecule has 0 spiro atoms. The van der Waals surface area contributed by atoms with Crippen molar-refractivity contribution in [1.82, 2.24) is 14.9 Å². The van der Waals surface area contributed by atoms with Gasteiger partial charge in [0.15, 0.2) is 0 Å². The number of ether oxygens (including phenoxy) is 1. The van der Waals surface area contributed by atoms with E-state index in [1.165, 1.54) is 5.56 Å². The Labute approximate surface area is 152 Å². The Bertz CT molecular complexity index is 927. The summed E-state index contributed by atoms with van der Waals surface area (Å²) in [6.45, 7) is 5.73. The molecular weight excluding hydrogens is 328 g/mol. The van der Waals surface area contributed by atoms with Gasteiger partial charge in [0.1, 0.15) is 11.3 Å². The van der Waals surface area contributed by atoms with E-state index in [1.54, 1.807) is 12.1 Å². The van der Waals surface area contributed by atoms with Gasteiger partial charge in [-0.15, -0.1) is 0 Å². The van der Waals surface area contributed by atoms with Crippen molar-refractivity contribution in [1.29, 1.82) is 0 Å². The highest BCUT2D eigenvalue weighted by atomic mass is 16.5. The first kappa shape index (κ1) is 16.8. The second kappa shape index (κ2) is 6.90. The molecule has 3 N–H and O–H groups in total. The van der Waals surface area contributed by atoms with Crippen molar-refractivity contribution in [2.24, 2.45) is 5.73 Å². The van der Waals surface area contributed by atoms with Crippen LogP contribution in [0.5, 0.6) is 0 Å². The summed E-state index contributed by atoms with van der Waals surface area (Å²) in [5.41, 5.74) is 9.55. The zero-order valence-corrected chi connectivity index (χ0v) is 14.7. The lowest BCUT2D eigenvalue weighted by atomic mass is 10.0. The number of nitrogens with one attached hydrogen (secondary N) is 1. The van der Waals surface area contributed by atoms with Gasteiger partial charge in [-0.2, -0.15) is 0 Å². The molecule has 0 bridgehead atoms. The number of aromatic nitrogens is 2. The van der Waals surface area contributed by atoms with Crippen LogP contribution >= 0.6 is 0 Å². The van der Waals surface area contributed by atoms with E-state index in [-0.39, 0.29) is 0 Å². The molecule has 1 aliphatic rings. The zero-order valence-electron chi connectivity index (χ0n) is 14.7. The Hall–Kier alpha value is -2.70. The van der Waals surface area contributed by atoms with E-state index >= 15 is 0 Å². The Morgan fingerprint density at radius 3 is 2.62 bits per heavy atom. The largest absolute Gasteiger partial charge is 0.379 e. The Morgan fingerprint density at radius 2 is 1.92 bits per heavy atom. The summed E-state index contributed by atoms with van der Waals surface area (Å²) in [6.07, 6.45) is 0. The number of aromatic amines is 1. The first-order chi connectivity index (χ1) is 12.6. The van der Waals surface area contributed by atoms with Gasteiger partial charge in [-0.3, -0.25) is 9.69 Å². The molecule has 1 unspecified atom stereocenters. The number of imidazole rings is 1. The summed E-state index contributed by atoms with van der Waals surface area (Å²) in [5.74, 6) is 0.266. The molecule has 0 saturated carbocycles. The number of rotatable bonds is 4. The van der Waals surface area contributed by atoms with Crippen molar-refractivity contribution >= 4 is 16.9 Å². The highest BCUT2D eigenvalue weighted by Crippen LogP contribution is 2.26. The number of nitrogens with two attached hydrogens (primary N) is 1. The molecule has 6 nitrogen and oxygen atoms in total. The predicted octanol–water partition coefficient (Wildman–Crippen LogP) is 2.72. The molecule has 0 radical (unpaired) electrons. The molecule has 1 aromatic heterocycles. The van der Waals surface area contributed by atoms with Crippen LogP contribution in [-0.4, -0.2) is 47.1 Å².